The van der Waals surface area contributed by atoms with Crippen LogP contribution in [0, 0.1) is 11.7 Å². The predicted octanol–water partition coefficient (Wildman–Crippen LogP) is 3.23. The highest BCUT2D eigenvalue weighted by Crippen LogP contribution is 2.19. The molecule has 110 valence electrons. The van der Waals surface area contributed by atoms with Gasteiger partial charge >= 0.3 is 5.97 Å². The molecule has 3 nitrogen and oxygen atoms in total. The van der Waals surface area contributed by atoms with Crippen LogP contribution in [-0.4, -0.2) is 31.1 Å². The molecule has 0 saturated carbocycles. The Bertz CT molecular complexity index is 476. The number of carbonyl (C=O) groups is 1. The van der Waals surface area contributed by atoms with E-state index in [2.05, 4.69) is 16.6 Å². The number of likely N-dealkylation sites (tertiary alicyclic amines) is 1. The van der Waals surface area contributed by atoms with Gasteiger partial charge in [0, 0.05) is 6.54 Å². The van der Waals surface area contributed by atoms with Crippen molar-refractivity contribution in [3.05, 3.63) is 35.1 Å². The van der Waals surface area contributed by atoms with Gasteiger partial charge in [0.2, 0.25) is 0 Å². The molecule has 0 amide bonds. The number of nitrogens with zero attached hydrogens (tertiary/aromatic N) is 1. The van der Waals surface area contributed by atoms with Crippen LogP contribution in [0.25, 0.3) is 0 Å². The second-order valence-electron chi connectivity index (χ2n) is 5.62. The third-order valence-electron chi connectivity index (χ3n) is 3.95. The van der Waals surface area contributed by atoms with Gasteiger partial charge in [-0.2, -0.15) is 0 Å². The molecule has 1 aliphatic rings. The van der Waals surface area contributed by atoms with Crippen LogP contribution in [0.1, 0.15) is 42.1 Å². The van der Waals surface area contributed by atoms with Crippen molar-refractivity contribution in [2.24, 2.45) is 5.92 Å². The van der Waals surface area contributed by atoms with E-state index in [-0.39, 0.29) is 5.56 Å². The van der Waals surface area contributed by atoms with Gasteiger partial charge in [0.05, 0.1) is 12.7 Å². The molecule has 0 spiro atoms. The van der Waals surface area contributed by atoms with Gasteiger partial charge in [-0.15, -0.1) is 0 Å². The highest BCUT2D eigenvalue weighted by Gasteiger charge is 2.16. The van der Waals surface area contributed by atoms with E-state index in [4.69, 9.17) is 0 Å². The first-order valence-corrected chi connectivity index (χ1v) is 7.19. The lowest BCUT2D eigenvalue weighted by atomic mass is 10.0. The molecule has 4 heteroatoms. The number of methoxy groups -OCH3 is 1. The van der Waals surface area contributed by atoms with Crippen molar-refractivity contribution in [1.29, 1.82) is 0 Å². The molecular formula is C16H22FNO2. The van der Waals surface area contributed by atoms with Gasteiger partial charge in [-0.25, -0.2) is 9.18 Å². The minimum absolute atomic E-state index is 0.000684. The summed E-state index contributed by atoms with van der Waals surface area (Å²) in [6.45, 7) is 5.14. The molecule has 1 aliphatic heterocycles. The van der Waals surface area contributed by atoms with E-state index in [9.17, 15) is 9.18 Å². The lowest BCUT2D eigenvalue weighted by Crippen LogP contribution is -2.24. The largest absolute Gasteiger partial charge is 0.465 e. The van der Waals surface area contributed by atoms with Crippen LogP contribution in [0.4, 0.5) is 4.39 Å². The zero-order valence-corrected chi connectivity index (χ0v) is 12.2. The Hall–Kier alpha value is -1.42. The summed E-state index contributed by atoms with van der Waals surface area (Å²) < 4.78 is 18.4. The van der Waals surface area contributed by atoms with E-state index in [1.807, 2.05) is 6.07 Å². The van der Waals surface area contributed by atoms with Crippen LogP contribution < -0.4 is 0 Å². The Morgan fingerprint density at radius 3 is 2.90 bits per heavy atom. The Labute approximate surface area is 119 Å². The van der Waals surface area contributed by atoms with Gasteiger partial charge in [0.25, 0.3) is 0 Å². The number of ether oxygens (including phenoxy) is 1. The standard InChI is InChI=1S/C16H22FNO2/c1-12-4-3-8-18(9-7-12)11-13-5-6-14(15(17)10-13)16(19)20-2/h5-6,10,12H,3-4,7-9,11H2,1-2H3. The molecule has 1 heterocycles. The number of rotatable bonds is 3. The van der Waals surface area contributed by atoms with Crippen molar-refractivity contribution in [1.82, 2.24) is 4.90 Å². The maximum Gasteiger partial charge on any atom is 0.340 e. The highest BCUT2D eigenvalue weighted by atomic mass is 19.1. The van der Waals surface area contributed by atoms with Gasteiger partial charge in [-0.3, -0.25) is 4.90 Å². The molecule has 0 aliphatic carbocycles. The Kier molecular flexibility index (Phi) is 5.12. The van der Waals surface area contributed by atoms with Crippen LogP contribution in [0.2, 0.25) is 0 Å². The molecule has 1 saturated heterocycles. The molecule has 1 aromatic carbocycles. The average Bonchev–Trinajstić information content (AvgIpc) is 2.63. The van der Waals surface area contributed by atoms with Crippen molar-refractivity contribution < 1.29 is 13.9 Å². The SMILES string of the molecule is COC(=O)c1ccc(CN2CCCC(C)CC2)cc1F. The molecule has 20 heavy (non-hydrogen) atoms. The molecule has 1 aromatic rings. The zero-order valence-electron chi connectivity index (χ0n) is 12.2. The summed E-state index contributed by atoms with van der Waals surface area (Å²) in [6, 6.07) is 4.77. The normalized spacial score (nSPS) is 20.4. The van der Waals surface area contributed by atoms with E-state index >= 15 is 0 Å². The fourth-order valence-electron chi connectivity index (χ4n) is 2.67. The maximum absolute atomic E-state index is 13.9. The van der Waals surface area contributed by atoms with Gasteiger partial charge < -0.3 is 4.74 Å². The fraction of sp³-hybridized carbons (Fsp3) is 0.562. The summed E-state index contributed by atoms with van der Waals surface area (Å²) >= 11 is 0. The number of benzene rings is 1. The van der Waals surface area contributed by atoms with Gasteiger partial charge in [0.1, 0.15) is 5.82 Å². The van der Waals surface area contributed by atoms with Crippen LogP contribution >= 0.6 is 0 Å². The quantitative estimate of drug-likeness (QED) is 0.796. The Balaban J connectivity index is 2.03. The second-order valence-corrected chi connectivity index (χ2v) is 5.62. The third kappa shape index (κ3) is 3.79. The summed E-state index contributed by atoms with van der Waals surface area (Å²) in [7, 11) is 1.26. The lowest BCUT2D eigenvalue weighted by molar-refractivity contribution is 0.0595. The summed E-state index contributed by atoms with van der Waals surface area (Å²) in [5, 5.41) is 0. The zero-order chi connectivity index (χ0) is 14.5. The van der Waals surface area contributed by atoms with Gasteiger partial charge in [0.15, 0.2) is 0 Å². The molecule has 0 bridgehead atoms. The number of carbonyl (C=O) groups excluding carboxylic acids is 1. The van der Waals surface area contributed by atoms with E-state index in [0.29, 0.717) is 0 Å². The van der Waals surface area contributed by atoms with Crippen molar-refractivity contribution in [3.8, 4) is 0 Å². The minimum atomic E-state index is -0.627. The summed E-state index contributed by atoms with van der Waals surface area (Å²) in [6.07, 6.45) is 3.67. The Morgan fingerprint density at radius 1 is 1.40 bits per heavy atom. The first kappa shape index (κ1) is 15.0. The van der Waals surface area contributed by atoms with Gasteiger partial charge in [-0.05, 0) is 56.0 Å². The number of hydrogen-bond donors (Lipinski definition) is 0. The van der Waals surface area contributed by atoms with E-state index < -0.39 is 11.8 Å². The van der Waals surface area contributed by atoms with Crippen molar-refractivity contribution in [2.75, 3.05) is 20.2 Å². The molecule has 0 aromatic heterocycles. The Morgan fingerprint density at radius 2 is 2.20 bits per heavy atom. The smallest absolute Gasteiger partial charge is 0.340 e. The van der Waals surface area contributed by atoms with E-state index in [0.717, 1.165) is 31.1 Å². The first-order valence-electron chi connectivity index (χ1n) is 7.19. The topological polar surface area (TPSA) is 29.5 Å². The highest BCUT2D eigenvalue weighted by molar-refractivity contribution is 5.89. The van der Waals surface area contributed by atoms with E-state index in [1.54, 1.807) is 0 Å². The molecule has 1 fully saturated rings. The molecule has 2 rings (SSSR count). The second kappa shape index (κ2) is 6.84. The van der Waals surface area contributed by atoms with Crippen LogP contribution in [0.3, 0.4) is 0 Å². The lowest BCUT2D eigenvalue weighted by Gasteiger charge is -2.20. The number of esters is 1. The van der Waals surface area contributed by atoms with Crippen LogP contribution in [-0.2, 0) is 11.3 Å². The number of halogens is 1. The molecular weight excluding hydrogens is 257 g/mol. The summed E-state index contributed by atoms with van der Waals surface area (Å²) in [5.74, 6) is -0.353. The maximum atomic E-state index is 13.9. The van der Waals surface area contributed by atoms with Crippen molar-refractivity contribution >= 4 is 5.97 Å². The fourth-order valence-corrected chi connectivity index (χ4v) is 2.67. The minimum Gasteiger partial charge on any atom is -0.465 e. The van der Waals surface area contributed by atoms with Gasteiger partial charge in [-0.1, -0.05) is 13.0 Å². The van der Waals surface area contributed by atoms with Crippen molar-refractivity contribution in [3.63, 3.8) is 0 Å². The van der Waals surface area contributed by atoms with Crippen molar-refractivity contribution in [2.45, 2.75) is 32.7 Å². The molecule has 1 unspecified atom stereocenters. The molecule has 1 atom stereocenters. The van der Waals surface area contributed by atoms with Crippen LogP contribution in [0.15, 0.2) is 18.2 Å². The first-order chi connectivity index (χ1) is 9.60. The third-order valence-corrected chi connectivity index (χ3v) is 3.95. The van der Waals surface area contributed by atoms with E-state index in [1.165, 1.54) is 38.5 Å². The molecule has 0 radical (unpaired) electrons. The summed E-state index contributed by atoms with van der Waals surface area (Å²) in [4.78, 5) is 13.7. The predicted molar refractivity (Wildman–Crippen MR) is 76.0 cm³/mol. The van der Waals surface area contributed by atoms with Crippen LogP contribution in [0.5, 0.6) is 0 Å². The summed E-state index contributed by atoms with van der Waals surface area (Å²) in [5.41, 5.74) is 0.908. The average molecular weight is 279 g/mol. The monoisotopic (exact) mass is 279 g/mol. The molecule has 0 N–H and O–H groups in total. The number of hydrogen-bond acceptors (Lipinski definition) is 3.